The topological polar surface area (TPSA) is 12.4 Å². The van der Waals surface area contributed by atoms with Crippen molar-refractivity contribution < 1.29 is 0 Å². The molecule has 1 nitrogen and oxygen atoms in total. The molecule has 0 unspecified atom stereocenters. The first-order valence-electron chi connectivity index (χ1n) is 12.3. The van der Waals surface area contributed by atoms with Gasteiger partial charge in [0.2, 0.25) is 0 Å². The minimum absolute atomic E-state index is 0.758. The molecule has 5 aromatic rings. The number of aliphatic imine (C=N–C) groups is 1. The summed E-state index contributed by atoms with van der Waals surface area (Å²) >= 11 is 0. The normalized spacial score (nSPS) is 11.3. The molecule has 0 N–H and O–H groups in total. The maximum absolute atomic E-state index is 4.94. The molecule has 5 rings (SSSR count). The van der Waals surface area contributed by atoms with Crippen LogP contribution in [0.1, 0.15) is 23.6 Å². The van der Waals surface area contributed by atoms with Gasteiger partial charge in [0.25, 0.3) is 0 Å². The second kappa shape index (κ2) is 10.4. The van der Waals surface area contributed by atoms with Gasteiger partial charge >= 0.3 is 0 Å². The van der Waals surface area contributed by atoms with Gasteiger partial charge in [-0.05, 0) is 70.5 Å². The lowest BCUT2D eigenvalue weighted by atomic mass is 9.90. The highest BCUT2D eigenvalue weighted by atomic mass is 14.8. The predicted molar refractivity (Wildman–Crippen MR) is 155 cm³/mol. The lowest BCUT2D eigenvalue weighted by molar-refractivity contribution is 1.41. The quantitative estimate of drug-likeness (QED) is 0.222. The number of hydrogen-bond acceptors (Lipinski definition) is 1. The summed E-state index contributed by atoms with van der Waals surface area (Å²) in [5.41, 5.74) is 12.3. The van der Waals surface area contributed by atoms with E-state index >= 15 is 0 Å². The highest BCUT2D eigenvalue weighted by molar-refractivity contribution is 6.02. The molecular formula is C35H29N. The van der Waals surface area contributed by atoms with Crippen LogP contribution in [0.5, 0.6) is 0 Å². The number of hydrogen-bond donors (Lipinski definition) is 0. The highest BCUT2D eigenvalue weighted by Crippen LogP contribution is 2.35. The Bertz CT molecular complexity index is 1450. The van der Waals surface area contributed by atoms with Crippen LogP contribution in [-0.4, -0.2) is 5.71 Å². The molecule has 174 valence electrons. The van der Waals surface area contributed by atoms with E-state index in [1.54, 1.807) is 0 Å². The van der Waals surface area contributed by atoms with Gasteiger partial charge in [-0.2, -0.15) is 0 Å². The summed E-state index contributed by atoms with van der Waals surface area (Å²) in [4.78, 5) is 4.94. The summed E-state index contributed by atoms with van der Waals surface area (Å²) in [5, 5.41) is 0. The third-order valence-electron chi connectivity index (χ3n) is 6.62. The Morgan fingerprint density at radius 1 is 0.528 bits per heavy atom. The predicted octanol–water partition coefficient (Wildman–Crippen LogP) is 9.48. The molecule has 0 bridgehead atoms. The van der Waals surface area contributed by atoms with E-state index in [4.69, 9.17) is 4.99 Å². The van der Waals surface area contributed by atoms with Crippen molar-refractivity contribution >= 4 is 11.4 Å². The molecule has 0 fully saturated rings. The summed E-state index contributed by atoms with van der Waals surface area (Å²) in [6.07, 6.45) is 0. The Morgan fingerprint density at radius 2 is 0.944 bits per heavy atom. The third kappa shape index (κ3) is 4.96. The average Bonchev–Trinajstić information content (AvgIpc) is 2.94. The Kier molecular flexibility index (Phi) is 6.73. The second-order valence-electron chi connectivity index (χ2n) is 9.02. The standard InChI is InChI=1S/C35H29N/c1-25-34(31-15-9-5-10-16-31)23-33(24-35(25)32-17-11-6-12-18-32)27(3)36-26(2)28-19-21-30(22-20-28)29-13-7-4-8-14-29/h4-24H,3H2,1-2H3. The Hall–Kier alpha value is -4.49. The van der Waals surface area contributed by atoms with Gasteiger partial charge in [-0.15, -0.1) is 0 Å². The van der Waals surface area contributed by atoms with E-state index in [2.05, 4.69) is 135 Å². The van der Waals surface area contributed by atoms with Gasteiger partial charge in [0.15, 0.2) is 0 Å². The van der Waals surface area contributed by atoms with Gasteiger partial charge < -0.3 is 0 Å². The Balaban J connectivity index is 1.52. The highest BCUT2D eigenvalue weighted by Gasteiger charge is 2.13. The van der Waals surface area contributed by atoms with E-state index in [-0.39, 0.29) is 0 Å². The molecule has 0 saturated heterocycles. The summed E-state index contributed by atoms with van der Waals surface area (Å²) in [7, 11) is 0. The van der Waals surface area contributed by atoms with Crippen LogP contribution in [0.3, 0.4) is 0 Å². The van der Waals surface area contributed by atoms with Crippen LogP contribution >= 0.6 is 0 Å². The summed E-state index contributed by atoms with van der Waals surface area (Å²) < 4.78 is 0. The van der Waals surface area contributed by atoms with Crippen molar-refractivity contribution in [3.63, 3.8) is 0 Å². The van der Waals surface area contributed by atoms with Crippen LogP contribution in [0, 0.1) is 6.92 Å². The van der Waals surface area contributed by atoms with Crippen LogP contribution in [-0.2, 0) is 0 Å². The maximum Gasteiger partial charge on any atom is 0.0634 e. The molecule has 0 radical (unpaired) electrons. The molecule has 0 aromatic heterocycles. The van der Waals surface area contributed by atoms with E-state index in [1.165, 1.54) is 38.9 Å². The molecule has 0 aliphatic heterocycles. The first-order chi connectivity index (χ1) is 17.6. The molecule has 5 aromatic carbocycles. The van der Waals surface area contributed by atoms with Crippen LogP contribution in [0.25, 0.3) is 39.1 Å². The molecule has 0 amide bonds. The third-order valence-corrected chi connectivity index (χ3v) is 6.62. The minimum atomic E-state index is 0.758. The van der Waals surface area contributed by atoms with Crippen molar-refractivity contribution in [3.05, 3.63) is 151 Å². The lowest BCUT2D eigenvalue weighted by Crippen LogP contribution is -1.97. The largest absolute Gasteiger partial charge is 0.253 e. The molecule has 0 aliphatic rings. The summed E-state index contributed by atoms with van der Waals surface area (Å²) in [6.45, 7) is 8.61. The molecule has 0 aliphatic carbocycles. The first kappa shape index (κ1) is 23.3. The van der Waals surface area contributed by atoms with E-state index in [0.29, 0.717) is 0 Å². The zero-order valence-corrected chi connectivity index (χ0v) is 20.8. The van der Waals surface area contributed by atoms with Crippen LogP contribution in [0.2, 0.25) is 0 Å². The molecular weight excluding hydrogens is 434 g/mol. The smallest absolute Gasteiger partial charge is 0.0634 e. The van der Waals surface area contributed by atoms with Gasteiger partial charge in [0.05, 0.1) is 5.70 Å². The fourth-order valence-electron chi connectivity index (χ4n) is 4.58. The van der Waals surface area contributed by atoms with Crippen molar-refractivity contribution in [2.45, 2.75) is 13.8 Å². The number of nitrogens with zero attached hydrogens (tertiary/aromatic N) is 1. The summed E-state index contributed by atoms with van der Waals surface area (Å²) in [5.74, 6) is 0. The minimum Gasteiger partial charge on any atom is -0.253 e. The Labute approximate surface area is 214 Å². The lowest BCUT2D eigenvalue weighted by Gasteiger charge is -2.16. The van der Waals surface area contributed by atoms with Crippen LogP contribution < -0.4 is 0 Å². The molecule has 0 heterocycles. The zero-order chi connectivity index (χ0) is 24.9. The molecule has 0 atom stereocenters. The maximum atomic E-state index is 4.94. The first-order valence-corrected chi connectivity index (χ1v) is 12.3. The van der Waals surface area contributed by atoms with Crippen LogP contribution in [0.15, 0.2) is 139 Å². The van der Waals surface area contributed by atoms with E-state index in [9.17, 15) is 0 Å². The molecule has 36 heavy (non-hydrogen) atoms. The van der Waals surface area contributed by atoms with Crippen molar-refractivity contribution in [3.8, 4) is 33.4 Å². The summed E-state index contributed by atoms with van der Waals surface area (Å²) in [6, 6.07) is 44.5. The van der Waals surface area contributed by atoms with Crippen LogP contribution in [0.4, 0.5) is 0 Å². The van der Waals surface area contributed by atoms with E-state index in [1.807, 2.05) is 13.0 Å². The van der Waals surface area contributed by atoms with Crippen molar-refractivity contribution in [2.24, 2.45) is 4.99 Å². The van der Waals surface area contributed by atoms with E-state index < -0.39 is 0 Å². The van der Waals surface area contributed by atoms with Crippen molar-refractivity contribution in [2.75, 3.05) is 0 Å². The van der Waals surface area contributed by atoms with Gasteiger partial charge in [-0.1, -0.05) is 122 Å². The monoisotopic (exact) mass is 463 g/mol. The second-order valence-corrected chi connectivity index (χ2v) is 9.02. The number of rotatable bonds is 6. The molecule has 0 spiro atoms. The van der Waals surface area contributed by atoms with Gasteiger partial charge in [-0.25, -0.2) is 0 Å². The molecule has 1 heteroatoms. The SMILES string of the molecule is C=C(N=C(C)c1ccc(-c2ccccc2)cc1)c1cc(-c2ccccc2)c(C)c(-c2ccccc2)c1. The fraction of sp³-hybridized carbons (Fsp3) is 0.0571. The van der Waals surface area contributed by atoms with Gasteiger partial charge in [0, 0.05) is 11.3 Å². The molecule has 0 saturated carbocycles. The zero-order valence-electron chi connectivity index (χ0n) is 20.8. The van der Waals surface area contributed by atoms with Gasteiger partial charge in [-0.3, -0.25) is 4.99 Å². The fourth-order valence-corrected chi connectivity index (χ4v) is 4.58. The number of benzene rings is 5. The van der Waals surface area contributed by atoms with Crippen molar-refractivity contribution in [1.29, 1.82) is 0 Å². The Morgan fingerprint density at radius 3 is 1.42 bits per heavy atom. The van der Waals surface area contributed by atoms with E-state index in [0.717, 1.165) is 22.5 Å². The van der Waals surface area contributed by atoms with Crippen molar-refractivity contribution in [1.82, 2.24) is 0 Å². The average molecular weight is 464 g/mol. The van der Waals surface area contributed by atoms with Gasteiger partial charge in [0.1, 0.15) is 0 Å².